The maximum absolute atomic E-state index is 13.2. The van der Waals surface area contributed by atoms with Crippen molar-refractivity contribution >= 4 is 23.2 Å². The fraction of sp³-hybridized carbons (Fsp3) is 0.143. The molecule has 1 unspecified atom stereocenters. The number of amides is 1. The first-order valence-corrected chi connectivity index (χ1v) is 9.37. The van der Waals surface area contributed by atoms with Crippen LogP contribution in [0.2, 0.25) is 0 Å². The highest BCUT2D eigenvalue weighted by molar-refractivity contribution is 7.10. The zero-order valence-corrected chi connectivity index (χ0v) is 15.8. The predicted molar refractivity (Wildman–Crippen MR) is 104 cm³/mol. The summed E-state index contributed by atoms with van der Waals surface area (Å²) < 4.78 is 18.2. The maximum Gasteiger partial charge on any atom is 0.342 e. The van der Waals surface area contributed by atoms with Gasteiger partial charge in [-0.25, -0.2) is 9.18 Å². The summed E-state index contributed by atoms with van der Waals surface area (Å²) >= 11 is 1.45. The summed E-state index contributed by atoms with van der Waals surface area (Å²) in [4.78, 5) is 25.3. The number of benzene rings is 2. The standard InChI is InChI=1S/C21H18FNO4S/c1-13-4-9-16(17(24)11-13)21(26)27-12-19(25)23-20(18-3-2-10-28-18)14-5-7-15(22)8-6-14/h2-11,20,24H,12H2,1H3,(H,23,25). The van der Waals surface area contributed by atoms with Gasteiger partial charge in [0.15, 0.2) is 6.61 Å². The number of aromatic hydroxyl groups is 1. The second-order valence-electron chi connectivity index (χ2n) is 6.16. The smallest absolute Gasteiger partial charge is 0.342 e. The van der Waals surface area contributed by atoms with Crippen molar-refractivity contribution in [3.05, 3.63) is 87.4 Å². The van der Waals surface area contributed by atoms with Gasteiger partial charge in [0, 0.05) is 4.88 Å². The molecule has 0 aliphatic heterocycles. The van der Waals surface area contributed by atoms with Crippen molar-refractivity contribution in [3.8, 4) is 5.75 Å². The van der Waals surface area contributed by atoms with E-state index in [0.717, 1.165) is 10.4 Å². The maximum atomic E-state index is 13.2. The second-order valence-corrected chi connectivity index (χ2v) is 7.14. The number of thiophene rings is 1. The number of phenols is 1. The lowest BCUT2D eigenvalue weighted by molar-refractivity contribution is -0.124. The zero-order valence-electron chi connectivity index (χ0n) is 15.0. The van der Waals surface area contributed by atoms with Crippen LogP contribution in [0.5, 0.6) is 5.75 Å². The molecule has 2 N–H and O–H groups in total. The number of hydrogen-bond donors (Lipinski definition) is 2. The number of halogens is 1. The van der Waals surface area contributed by atoms with Crippen LogP contribution in [0.1, 0.15) is 32.4 Å². The number of hydrogen-bond acceptors (Lipinski definition) is 5. The Hall–Kier alpha value is -3.19. The second kappa shape index (κ2) is 8.67. The van der Waals surface area contributed by atoms with Gasteiger partial charge in [-0.2, -0.15) is 0 Å². The van der Waals surface area contributed by atoms with Gasteiger partial charge in [0.1, 0.15) is 17.1 Å². The molecule has 0 aliphatic carbocycles. The molecule has 3 rings (SSSR count). The van der Waals surface area contributed by atoms with Crippen molar-refractivity contribution in [1.29, 1.82) is 0 Å². The monoisotopic (exact) mass is 399 g/mol. The highest BCUT2D eigenvalue weighted by Gasteiger charge is 2.20. The lowest BCUT2D eigenvalue weighted by atomic mass is 10.1. The van der Waals surface area contributed by atoms with Crippen molar-refractivity contribution < 1.29 is 23.8 Å². The summed E-state index contributed by atoms with van der Waals surface area (Å²) in [6.45, 7) is 1.28. The van der Waals surface area contributed by atoms with E-state index < -0.39 is 24.5 Å². The molecule has 0 radical (unpaired) electrons. The van der Waals surface area contributed by atoms with Crippen molar-refractivity contribution in [1.82, 2.24) is 5.32 Å². The van der Waals surface area contributed by atoms with Crippen LogP contribution in [0.15, 0.2) is 60.0 Å². The van der Waals surface area contributed by atoms with Gasteiger partial charge in [-0.3, -0.25) is 4.79 Å². The molecule has 3 aromatic rings. The predicted octanol–water partition coefficient (Wildman–Crippen LogP) is 3.96. The Balaban J connectivity index is 1.67. The Morgan fingerprint density at radius 3 is 2.57 bits per heavy atom. The van der Waals surface area contributed by atoms with E-state index in [2.05, 4.69) is 5.32 Å². The number of nitrogens with one attached hydrogen (secondary N) is 1. The number of ether oxygens (including phenoxy) is 1. The molecule has 0 bridgehead atoms. The van der Waals surface area contributed by atoms with Crippen molar-refractivity contribution in [3.63, 3.8) is 0 Å². The summed E-state index contributed by atoms with van der Waals surface area (Å²) in [7, 11) is 0. The normalized spacial score (nSPS) is 11.6. The van der Waals surface area contributed by atoms with Crippen molar-refractivity contribution in [2.45, 2.75) is 13.0 Å². The van der Waals surface area contributed by atoms with Gasteiger partial charge >= 0.3 is 5.97 Å². The van der Waals surface area contributed by atoms with E-state index in [1.807, 2.05) is 17.5 Å². The minimum Gasteiger partial charge on any atom is -0.507 e. The molecule has 1 aromatic heterocycles. The van der Waals surface area contributed by atoms with E-state index in [-0.39, 0.29) is 17.1 Å². The number of rotatable bonds is 6. The Morgan fingerprint density at radius 2 is 1.93 bits per heavy atom. The zero-order chi connectivity index (χ0) is 20.1. The van der Waals surface area contributed by atoms with Crippen LogP contribution < -0.4 is 5.32 Å². The molecule has 0 aliphatic rings. The minimum atomic E-state index is -0.790. The minimum absolute atomic E-state index is 0.00765. The van der Waals surface area contributed by atoms with Gasteiger partial charge in [0.25, 0.3) is 5.91 Å². The molecule has 0 spiro atoms. The molecule has 28 heavy (non-hydrogen) atoms. The van der Waals surface area contributed by atoms with Crippen molar-refractivity contribution in [2.24, 2.45) is 0 Å². The molecule has 1 amide bonds. The van der Waals surface area contributed by atoms with Crippen LogP contribution in [0.3, 0.4) is 0 Å². The van der Waals surface area contributed by atoms with E-state index in [1.165, 1.54) is 35.6 Å². The summed E-state index contributed by atoms with van der Waals surface area (Å²) in [6, 6.07) is 13.6. The number of aryl methyl sites for hydroxylation is 1. The highest BCUT2D eigenvalue weighted by Crippen LogP contribution is 2.26. The van der Waals surface area contributed by atoms with Gasteiger partial charge in [-0.05, 0) is 53.8 Å². The van der Waals surface area contributed by atoms with Gasteiger partial charge in [0.2, 0.25) is 0 Å². The van der Waals surface area contributed by atoms with Crippen LogP contribution in [0.4, 0.5) is 4.39 Å². The first kappa shape index (κ1) is 19.6. The number of carbonyl (C=O) groups excluding carboxylic acids is 2. The quantitative estimate of drug-likeness (QED) is 0.615. The molecule has 5 nitrogen and oxygen atoms in total. The van der Waals surface area contributed by atoms with Gasteiger partial charge in [0.05, 0.1) is 6.04 Å². The summed E-state index contributed by atoms with van der Waals surface area (Å²) in [5, 5.41) is 14.5. The summed E-state index contributed by atoms with van der Waals surface area (Å²) in [5.74, 6) is -1.87. The Kier molecular flexibility index (Phi) is 6.06. The third-order valence-corrected chi connectivity index (χ3v) is 4.98. The van der Waals surface area contributed by atoms with Gasteiger partial charge in [-0.1, -0.05) is 24.3 Å². The van der Waals surface area contributed by atoms with Crippen LogP contribution in [0.25, 0.3) is 0 Å². The number of phenolic OH excluding ortho intramolecular Hbond substituents is 1. The fourth-order valence-electron chi connectivity index (χ4n) is 2.66. The average Bonchev–Trinajstić information content (AvgIpc) is 3.19. The number of carbonyl (C=O) groups is 2. The molecular weight excluding hydrogens is 381 g/mol. The highest BCUT2D eigenvalue weighted by atomic mass is 32.1. The van der Waals surface area contributed by atoms with E-state index in [1.54, 1.807) is 25.1 Å². The molecule has 1 atom stereocenters. The Morgan fingerprint density at radius 1 is 1.18 bits per heavy atom. The molecule has 0 saturated heterocycles. The van der Waals surface area contributed by atoms with Crippen molar-refractivity contribution in [2.75, 3.05) is 6.61 Å². The molecule has 2 aromatic carbocycles. The van der Waals surface area contributed by atoms with E-state index >= 15 is 0 Å². The third-order valence-electron chi connectivity index (χ3n) is 4.04. The topological polar surface area (TPSA) is 75.6 Å². The van der Waals surface area contributed by atoms with Gasteiger partial charge in [-0.15, -0.1) is 11.3 Å². The summed E-state index contributed by atoms with van der Waals surface area (Å²) in [6.07, 6.45) is 0. The van der Waals surface area contributed by atoms with Crippen LogP contribution in [-0.4, -0.2) is 23.6 Å². The van der Waals surface area contributed by atoms with Crippen LogP contribution >= 0.6 is 11.3 Å². The SMILES string of the molecule is Cc1ccc(C(=O)OCC(=O)NC(c2ccc(F)cc2)c2cccs2)c(O)c1. The average molecular weight is 399 g/mol. The first-order valence-electron chi connectivity index (χ1n) is 8.49. The lowest BCUT2D eigenvalue weighted by Crippen LogP contribution is -2.32. The molecule has 0 fully saturated rings. The van der Waals surface area contributed by atoms with Crippen LogP contribution in [-0.2, 0) is 9.53 Å². The number of esters is 1. The Labute approximate surface area is 165 Å². The third kappa shape index (κ3) is 4.75. The van der Waals surface area contributed by atoms with Crippen LogP contribution in [0, 0.1) is 12.7 Å². The largest absolute Gasteiger partial charge is 0.507 e. The molecule has 1 heterocycles. The molecular formula is C21H18FNO4S. The Bertz CT molecular complexity index is 971. The lowest BCUT2D eigenvalue weighted by Gasteiger charge is -2.18. The van der Waals surface area contributed by atoms with E-state index in [4.69, 9.17) is 4.74 Å². The fourth-order valence-corrected chi connectivity index (χ4v) is 3.46. The van der Waals surface area contributed by atoms with E-state index in [0.29, 0.717) is 5.56 Å². The van der Waals surface area contributed by atoms with E-state index in [9.17, 15) is 19.1 Å². The molecule has 144 valence electrons. The molecule has 7 heteroatoms. The first-order chi connectivity index (χ1) is 13.4. The molecule has 0 saturated carbocycles. The van der Waals surface area contributed by atoms with Gasteiger partial charge < -0.3 is 15.2 Å². The summed E-state index contributed by atoms with van der Waals surface area (Å²) in [5.41, 5.74) is 1.50.